The average Bonchev–Trinajstić information content (AvgIpc) is 2.96. The minimum Gasteiger partial charge on any atom is -0.466 e. The third-order valence-electron chi connectivity index (χ3n) is 7.69. The lowest BCUT2D eigenvalue weighted by Gasteiger charge is -2.22. The van der Waals surface area contributed by atoms with Gasteiger partial charge in [0.25, 0.3) is 0 Å². The normalized spacial score (nSPS) is 12.2. The molecule has 1 atom stereocenters. The first kappa shape index (κ1) is 39.5. The van der Waals surface area contributed by atoms with Crippen LogP contribution in [0.1, 0.15) is 155 Å². The fraction of sp³-hybridized carbons (Fsp3) is 0.941. The number of aldehydes is 1. The predicted molar refractivity (Wildman–Crippen MR) is 174 cm³/mol. The van der Waals surface area contributed by atoms with E-state index >= 15 is 0 Å². The van der Waals surface area contributed by atoms with E-state index in [9.17, 15) is 9.59 Å². The van der Waals surface area contributed by atoms with Crippen molar-refractivity contribution in [3.8, 4) is 0 Å². The smallest absolute Gasteiger partial charge is 0.305 e. The molecule has 0 heterocycles. The second kappa shape index (κ2) is 33.0. The zero-order valence-corrected chi connectivity index (χ0v) is 28.2. The van der Waals surface area contributed by atoms with Gasteiger partial charge in [-0.15, -0.1) is 0 Å². The molecule has 0 fully saturated rings. The Kier molecular flexibility index (Phi) is 32.7. The SMILES string of the molecule is CCCCCCCCCOCC(C=O)CCCCN(CCCBr)CCCCCC(=O)OCCCCCCCCC. The van der Waals surface area contributed by atoms with E-state index in [2.05, 4.69) is 34.7 Å². The van der Waals surface area contributed by atoms with Crippen LogP contribution in [0.15, 0.2) is 0 Å². The Morgan fingerprint density at radius 2 is 1.20 bits per heavy atom. The van der Waals surface area contributed by atoms with E-state index in [1.807, 2.05) is 0 Å². The number of carbonyl (C=O) groups excluding carboxylic acids is 2. The van der Waals surface area contributed by atoms with Gasteiger partial charge in [0.15, 0.2) is 0 Å². The van der Waals surface area contributed by atoms with Crippen molar-refractivity contribution in [2.75, 3.05) is 44.8 Å². The molecule has 0 aliphatic heterocycles. The number of unbranched alkanes of at least 4 members (excludes halogenated alkanes) is 15. The van der Waals surface area contributed by atoms with Gasteiger partial charge in [-0.3, -0.25) is 4.79 Å². The summed E-state index contributed by atoms with van der Waals surface area (Å²) in [5.41, 5.74) is 0. The summed E-state index contributed by atoms with van der Waals surface area (Å²) < 4.78 is 11.2. The van der Waals surface area contributed by atoms with Crippen molar-refractivity contribution in [1.82, 2.24) is 4.90 Å². The zero-order valence-electron chi connectivity index (χ0n) is 26.6. The van der Waals surface area contributed by atoms with Crippen LogP contribution in [-0.4, -0.2) is 61.9 Å². The van der Waals surface area contributed by atoms with Crippen molar-refractivity contribution in [3.63, 3.8) is 0 Å². The van der Waals surface area contributed by atoms with Gasteiger partial charge in [0.05, 0.1) is 13.2 Å². The molecule has 0 saturated carbocycles. The number of carbonyl (C=O) groups is 2. The number of rotatable bonds is 33. The number of alkyl halides is 1. The monoisotopic (exact) mass is 631 g/mol. The summed E-state index contributed by atoms with van der Waals surface area (Å²) in [6, 6.07) is 0. The van der Waals surface area contributed by atoms with Crippen LogP contribution in [0.4, 0.5) is 0 Å². The first-order chi connectivity index (χ1) is 19.7. The lowest BCUT2D eigenvalue weighted by molar-refractivity contribution is -0.143. The number of hydrogen-bond acceptors (Lipinski definition) is 5. The Morgan fingerprint density at radius 3 is 1.80 bits per heavy atom. The molecule has 6 heteroatoms. The minimum absolute atomic E-state index is 0.0294. The molecule has 0 aromatic rings. The summed E-state index contributed by atoms with van der Waals surface area (Å²) in [5.74, 6) is 0.00402. The Hall–Kier alpha value is -0.460. The molecule has 0 bridgehead atoms. The number of nitrogens with zero attached hydrogens (tertiary/aromatic N) is 1. The maximum Gasteiger partial charge on any atom is 0.305 e. The van der Waals surface area contributed by atoms with Crippen LogP contribution in [0.3, 0.4) is 0 Å². The molecule has 0 saturated heterocycles. The highest BCUT2D eigenvalue weighted by molar-refractivity contribution is 9.09. The standard InChI is InChI=1S/C34H66BrNO4/c1-3-5-7-9-11-13-20-29-39-32-33(31-37)23-17-19-27-36(28-22-25-35)26-18-15-16-24-34(38)40-30-21-14-12-10-8-6-4-2/h31,33H,3-30,32H2,1-2H3. The molecule has 0 rings (SSSR count). The van der Waals surface area contributed by atoms with Crippen molar-refractivity contribution >= 4 is 28.2 Å². The van der Waals surface area contributed by atoms with Crippen molar-refractivity contribution in [2.45, 2.75) is 155 Å². The van der Waals surface area contributed by atoms with Gasteiger partial charge in [-0.05, 0) is 64.6 Å². The third kappa shape index (κ3) is 29.0. The Labute approximate surface area is 257 Å². The van der Waals surface area contributed by atoms with Gasteiger partial charge in [-0.1, -0.05) is 120 Å². The third-order valence-corrected chi connectivity index (χ3v) is 8.25. The van der Waals surface area contributed by atoms with Crippen LogP contribution in [0, 0.1) is 5.92 Å². The van der Waals surface area contributed by atoms with Gasteiger partial charge in [0, 0.05) is 24.3 Å². The fourth-order valence-corrected chi connectivity index (χ4v) is 5.30. The summed E-state index contributed by atoms with van der Waals surface area (Å²) in [6.07, 6.45) is 26.7. The fourth-order valence-electron chi connectivity index (χ4n) is 5.05. The maximum atomic E-state index is 12.0. The van der Waals surface area contributed by atoms with E-state index in [1.54, 1.807) is 0 Å². The highest BCUT2D eigenvalue weighted by Crippen LogP contribution is 2.12. The largest absolute Gasteiger partial charge is 0.466 e. The molecule has 1 unspecified atom stereocenters. The number of ether oxygens (including phenoxy) is 2. The minimum atomic E-state index is -0.0294. The summed E-state index contributed by atoms with van der Waals surface area (Å²) in [7, 11) is 0. The summed E-state index contributed by atoms with van der Waals surface area (Å²) >= 11 is 3.56. The van der Waals surface area contributed by atoms with Crippen LogP contribution in [0.2, 0.25) is 0 Å². The molecule has 0 aromatic carbocycles. The van der Waals surface area contributed by atoms with Gasteiger partial charge < -0.3 is 19.2 Å². The molecule has 238 valence electrons. The lowest BCUT2D eigenvalue weighted by Crippen LogP contribution is -2.27. The summed E-state index contributed by atoms with van der Waals surface area (Å²) in [6.45, 7) is 9.71. The second-order valence-corrected chi connectivity index (χ2v) is 12.4. The predicted octanol–water partition coefficient (Wildman–Crippen LogP) is 9.68. The highest BCUT2D eigenvalue weighted by Gasteiger charge is 2.10. The molecular weight excluding hydrogens is 566 g/mol. The van der Waals surface area contributed by atoms with E-state index in [4.69, 9.17) is 9.47 Å². The van der Waals surface area contributed by atoms with Crippen LogP contribution >= 0.6 is 15.9 Å². The number of halogens is 1. The lowest BCUT2D eigenvalue weighted by atomic mass is 10.0. The Balaban J connectivity index is 3.82. The van der Waals surface area contributed by atoms with Gasteiger partial charge >= 0.3 is 5.97 Å². The van der Waals surface area contributed by atoms with Crippen LogP contribution in [-0.2, 0) is 19.1 Å². The Bertz CT molecular complexity index is 534. The second-order valence-electron chi connectivity index (χ2n) is 11.6. The molecule has 0 N–H and O–H groups in total. The molecule has 0 aliphatic carbocycles. The molecule has 0 radical (unpaired) electrons. The van der Waals surface area contributed by atoms with E-state index in [1.165, 1.54) is 77.0 Å². The molecule has 0 amide bonds. The van der Waals surface area contributed by atoms with E-state index < -0.39 is 0 Å². The van der Waals surface area contributed by atoms with Gasteiger partial charge in [-0.25, -0.2) is 0 Å². The van der Waals surface area contributed by atoms with E-state index in [0.29, 0.717) is 19.6 Å². The molecule has 0 aromatic heterocycles. The molecule has 0 aliphatic rings. The van der Waals surface area contributed by atoms with E-state index in [0.717, 1.165) is 95.6 Å². The summed E-state index contributed by atoms with van der Waals surface area (Å²) in [5, 5.41) is 1.03. The van der Waals surface area contributed by atoms with Crippen molar-refractivity contribution in [3.05, 3.63) is 0 Å². The molecule has 40 heavy (non-hydrogen) atoms. The van der Waals surface area contributed by atoms with Crippen LogP contribution < -0.4 is 0 Å². The zero-order chi connectivity index (χ0) is 29.4. The highest BCUT2D eigenvalue weighted by atomic mass is 79.9. The van der Waals surface area contributed by atoms with Gasteiger partial charge in [0.1, 0.15) is 6.29 Å². The first-order valence-electron chi connectivity index (χ1n) is 17.1. The van der Waals surface area contributed by atoms with Crippen LogP contribution in [0.25, 0.3) is 0 Å². The molecule has 5 nitrogen and oxygen atoms in total. The number of esters is 1. The van der Waals surface area contributed by atoms with Crippen molar-refractivity contribution in [1.29, 1.82) is 0 Å². The molecular formula is C34H66BrNO4. The van der Waals surface area contributed by atoms with E-state index in [-0.39, 0.29) is 11.9 Å². The first-order valence-corrected chi connectivity index (χ1v) is 18.3. The summed E-state index contributed by atoms with van der Waals surface area (Å²) in [4.78, 5) is 26.0. The van der Waals surface area contributed by atoms with Gasteiger partial charge in [0.2, 0.25) is 0 Å². The average molecular weight is 633 g/mol. The van der Waals surface area contributed by atoms with Crippen molar-refractivity contribution in [2.24, 2.45) is 5.92 Å². The maximum absolute atomic E-state index is 12.0. The Morgan fingerprint density at radius 1 is 0.675 bits per heavy atom. The van der Waals surface area contributed by atoms with Gasteiger partial charge in [-0.2, -0.15) is 0 Å². The number of hydrogen-bond donors (Lipinski definition) is 0. The van der Waals surface area contributed by atoms with Crippen LogP contribution in [0.5, 0.6) is 0 Å². The molecule has 0 spiro atoms. The quantitative estimate of drug-likeness (QED) is 0.0312. The topological polar surface area (TPSA) is 55.8 Å². The van der Waals surface area contributed by atoms with Crippen molar-refractivity contribution < 1.29 is 19.1 Å².